The number of hydrogen-bond donors (Lipinski definition) is 2. The number of phenols is 1. The minimum atomic E-state index is -0.343. The molecule has 0 radical (unpaired) electrons. The first-order chi connectivity index (χ1) is 9.36. The molecule has 6 heteroatoms. The van der Waals surface area contributed by atoms with Crippen LogP contribution in [-0.4, -0.2) is 16.0 Å². The summed E-state index contributed by atoms with van der Waals surface area (Å²) in [7, 11) is 0. The van der Waals surface area contributed by atoms with E-state index in [9.17, 15) is 9.90 Å². The normalized spacial score (nSPS) is 10.4. The van der Waals surface area contributed by atoms with Gasteiger partial charge in [0.05, 0.1) is 0 Å². The highest BCUT2D eigenvalue weighted by Gasteiger charge is 2.11. The van der Waals surface area contributed by atoms with Crippen LogP contribution in [0.4, 0.5) is 5.69 Å². The topological polar surface area (TPSA) is 62.2 Å². The first-order valence-corrected chi connectivity index (χ1v) is 6.57. The fourth-order valence-corrected chi connectivity index (χ4v) is 2.19. The van der Waals surface area contributed by atoms with Crippen molar-refractivity contribution in [2.45, 2.75) is 13.8 Å². The standard InChI is InChI=1S/C14H12Cl2N2O2/c1-7-4-11(19)8(2)3-10(7)17-14(20)9-5-12(15)18-13(16)6-9/h3-6,19H,1-2H3,(H,17,20). The summed E-state index contributed by atoms with van der Waals surface area (Å²) in [5.74, 6) is -0.153. The van der Waals surface area contributed by atoms with E-state index in [1.807, 2.05) is 0 Å². The van der Waals surface area contributed by atoms with E-state index in [1.165, 1.54) is 12.1 Å². The van der Waals surface area contributed by atoms with Crippen molar-refractivity contribution in [2.24, 2.45) is 0 Å². The Morgan fingerprint density at radius 1 is 1.10 bits per heavy atom. The van der Waals surface area contributed by atoms with E-state index >= 15 is 0 Å². The summed E-state index contributed by atoms with van der Waals surface area (Å²) >= 11 is 11.5. The maximum absolute atomic E-state index is 12.1. The van der Waals surface area contributed by atoms with E-state index in [0.717, 1.165) is 5.56 Å². The van der Waals surface area contributed by atoms with Crippen LogP contribution in [0, 0.1) is 13.8 Å². The highest BCUT2D eigenvalue weighted by atomic mass is 35.5. The maximum atomic E-state index is 12.1. The van der Waals surface area contributed by atoms with E-state index in [0.29, 0.717) is 16.8 Å². The third-order valence-corrected chi connectivity index (χ3v) is 3.20. The van der Waals surface area contributed by atoms with Gasteiger partial charge in [0.2, 0.25) is 0 Å². The van der Waals surface area contributed by atoms with Crippen LogP contribution in [0.3, 0.4) is 0 Å². The average Bonchev–Trinajstić information content (AvgIpc) is 2.34. The zero-order chi connectivity index (χ0) is 14.9. The predicted molar refractivity (Wildman–Crippen MR) is 79.8 cm³/mol. The van der Waals surface area contributed by atoms with Crippen LogP contribution >= 0.6 is 23.2 Å². The molecule has 1 heterocycles. The highest BCUT2D eigenvalue weighted by molar-refractivity contribution is 6.33. The van der Waals surface area contributed by atoms with Crippen LogP contribution in [-0.2, 0) is 0 Å². The van der Waals surface area contributed by atoms with Gasteiger partial charge in [0.1, 0.15) is 16.1 Å². The number of carbonyl (C=O) groups excluding carboxylic acids is 1. The van der Waals surface area contributed by atoms with E-state index in [4.69, 9.17) is 23.2 Å². The number of amides is 1. The lowest BCUT2D eigenvalue weighted by Crippen LogP contribution is -2.13. The van der Waals surface area contributed by atoms with Gasteiger partial charge in [-0.25, -0.2) is 4.98 Å². The second-order valence-corrected chi connectivity index (χ2v) is 5.18. The van der Waals surface area contributed by atoms with Crippen LogP contribution in [0.1, 0.15) is 21.5 Å². The van der Waals surface area contributed by atoms with Crippen molar-refractivity contribution in [3.8, 4) is 5.75 Å². The van der Waals surface area contributed by atoms with Crippen molar-refractivity contribution < 1.29 is 9.90 Å². The number of aromatic hydroxyl groups is 1. The average molecular weight is 311 g/mol. The van der Waals surface area contributed by atoms with Crippen molar-refractivity contribution in [3.05, 3.63) is 51.3 Å². The number of benzene rings is 1. The van der Waals surface area contributed by atoms with Crippen molar-refractivity contribution in [1.29, 1.82) is 0 Å². The largest absolute Gasteiger partial charge is 0.508 e. The number of carbonyl (C=O) groups is 1. The molecule has 0 aliphatic rings. The Hall–Kier alpha value is -1.78. The lowest BCUT2D eigenvalue weighted by atomic mass is 10.1. The third kappa shape index (κ3) is 3.21. The number of nitrogens with zero attached hydrogens (tertiary/aromatic N) is 1. The summed E-state index contributed by atoms with van der Waals surface area (Å²) < 4.78 is 0. The maximum Gasteiger partial charge on any atom is 0.255 e. The summed E-state index contributed by atoms with van der Waals surface area (Å²) in [5.41, 5.74) is 2.37. The molecule has 2 rings (SSSR count). The van der Waals surface area contributed by atoms with Crippen LogP contribution in [0.5, 0.6) is 5.75 Å². The molecule has 0 spiro atoms. The smallest absolute Gasteiger partial charge is 0.255 e. The zero-order valence-electron chi connectivity index (χ0n) is 10.9. The van der Waals surface area contributed by atoms with Crippen molar-refractivity contribution >= 4 is 34.8 Å². The molecule has 20 heavy (non-hydrogen) atoms. The van der Waals surface area contributed by atoms with Crippen LogP contribution in [0.25, 0.3) is 0 Å². The predicted octanol–water partition coefficient (Wildman–Crippen LogP) is 3.96. The highest BCUT2D eigenvalue weighted by Crippen LogP contribution is 2.25. The summed E-state index contributed by atoms with van der Waals surface area (Å²) in [4.78, 5) is 15.9. The summed E-state index contributed by atoms with van der Waals surface area (Å²) in [6.45, 7) is 3.55. The fraction of sp³-hybridized carbons (Fsp3) is 0.143. The first-order valence-electron chi connectivity index (χ1n) is 5.81. The Bertz CT molecular complexity index is 667. The van der Waals surface area contributed by atoms with Crippen LogP contribution in [0.2, 0.25) is 10.3 Å². The molecule has 1 aromatic heterocycles. The minimum absolute atomic E-state index is 0.154. The number of aryl methyl sites for hydroxylation is 2. The third-order valence-electron chi connectivity index (χ3n) is 2.82. The number of rotatable bonds is 2. The van der Waals surface area contributed by atoms with Gasteiger partial charge in [-0.05, 0) is 49.2 Å². The molecule has 1 amide bonds. The van der Waals surface area contributed by atoms with Crippen molar-refractivity contribution in [2.75, 3.05) is 5.32 Å². The van der Waals surface area contributed by atoms with Crippen molar-refractivity contribution in [3.63, 3.8) is 0 Å². The molecule has 2 N–H and O–H groups in total. The second kappa shape index (κ2) is 5.69. The van der Waals surface area contributed by atoms with Gasteiger partial charge in [-0.15, -0.1) is 0 Å². The Kier molecular flexibility index (Phi) is 4.16. The lowest BCUT2D eigenvalue weighted by Gasteiger charge is -2.11. The molecule has 0 saturated heterocycles. The van der Waals surface area contributed by atoms with Crippen molar-refractivity contribution in [1.82, 2.24) is 4.98 Å². The lowest BCUT2D eigenvalue weighted by molar-refractivity contribution is 0.102. The monoisotopic (exact) mass is 310 g/mol. The van der Waals surface area contributed by atoms with Gasteiger partial charge in [-0.3, -0.25) is 4.79 Å². The quantitative estimate of drug-likeness (QED) is 0.652. The number of aromatic nitrogens is 1. The summed E-state index contributed by atoms with van der Waals surface area (Å²) in [6.07, 6.45) is 0. The molecule has 4 nitrogen and oxygen atoms in total. The van der Waals surface area contributed by atoms with Crippen LogP contribution in [0.15, 0.2) is 24.3 Å². The zero-order valence-corrected chi connectivity index (χ0v) is 12.4. The SMILES string of the molecule is Cc1cc(NC(=O)c2cc(Cl)nc(Cl)c2)c(C)cc1O. The number of nitrogens with one attached hydrogen (secondary N) is 1. The van der Waals surface area contributed by atoms with Gasteiger partial charge in [0.25, 0.3) is 5.91 Å². The number of anilines is 1. The van der Waals surface area contributed by atoms with Gasteiger partial charge < -0.3 is 10.4 Å². The van der Waals surface area contributed by atoms with Crippen LogP contribution < -0.4 is 5.32 Å². The fourth-order valence-electron chi connectivity index (χ4n) is 1.73. The molecular formula is C14H12Cl2N2O2. The van der Waals surface area contributed by atoms with E-state index in [2.05, 4.69) is 10.3 Å². The molecule has 1 aromatic carbocycles. The Balaban J connectivity index is 2.30. The minimum Gasteiger partial charge on any atom is -0.508 e. The molecule has 0 bridgehead atoms. The first kappa shape index (κ1) is 14.6. The number of pyridine rings is 1. The Morgan fingerprint density at radius 3 is 2.30 bits per heavy atom. The molecule has 0 atom stereocenters. The van der Waals surface area contributed by atoms with E-state index in [-0.39, 0.29) is 22.0 Å². The summed E-state index contributed by atoms with van der Waals surface area (Å²) in [6, 6.07) is 6.17. The molecule has 0 aliphatic heterocycles. The number of phenolic OH excluding ortho intramolecular Hbond substituents is 1. The molecule has 0 fully saturated rings. The van der Waals surface area contributed by atoms with Gasteiger partial charge >= 0.3 is 0 Å². The number of halogens is 2. The van der Waals surface area contributed by atoms with Gasteiger partial charge in [-0.1, -0.05) is 23.2 Å². The van der Waals surface area contributed by atoms with E-state index in [1.54, 1.807) is 26.0 Å². The van der Waals surface area contributed by atoms with Gasteiger partial charge in [-0.2, -0.15) is 0 Å². The molecule has 0 aliphatic carbocycles. The van der Waals surface area contributed by atoms with Gasteiger partial charge in [0.15, 0.2) is 0 Å². The van der Waals surface area contributed by atoms with Gasteiger partial charge in [0, 0.05) is 11.3 Å². The molecule has 2 aromatic rings. The molecular weight excluding hydrogens is 299 g/mol. The Labute approximate surface area is 126 Å². The molecule has 0 saturated carbocycles. The second-order valence-electron chi connectivity index (χ2n) is 4.41. The number of hydrogen-bond acceptors (Lipinski definition) is 3. The summed E-state index contributed by atoms with van der Waals surface area (Å²) in [5, 5.41) is 12.7. The molecule has 104 valence electrons. The Morgan fingerprint density at radius 2 is 1.70 bits per heavy atom. The molecule has 0 unspecified atom stereocenters. The van der Waals surface area contributed by atoms with E-state index < -0.39 is 0 Å².